The lowest BCUT2D eigenvalue weighted by Gasteiger charge is -2.44. The Labute approximate surface area is 497 Å². The number of aromatic carboxylic acids is 1. The molecule has 6 heterocycles. The molecule has 2 aliphatic carbocycles. The minimum Gasteiger partial charge on any atom is -0.507 e. The molecule has 2 saturated heterocycles. The number of carboxylic acids is 1. The number of halogens is 2. The van der Waals surface area contributed by atoms with Gasteiger partial charge in [-0.25, -0.2) is 9.18 Å². The number of aromatic hydroxyl groups is 3. The molecule has 5 aliphatic heterocycles. The summed E-state index contributed by atoms with van der Waals surface area (Å²) < 4.78 is 42.1. The van der Waals surface area contributed by atoms with Crippen LogP contribution in [0.4, 0.5) is 21.5 Å². The predicted octanol–water partition coefficient (Wildman–Crippen LogP) is 8.85. The predicted molar refractivity (Wildman–Crippen MR) is 318 cm³/mol. The number of phenols is 3. The SMILES string of the molecule is CO[C@H]1/C=C/O[C@@]2(C)Oc3c(C)c(O)c4c(O)c(c(N5CCC(N(C)C6([C@@H]7CCN(c8c(F)cc9c(=O)c(C(=O)O)cn(C%10CC%10)c9c8Cl)C7)CC6)CC5)c(O)c4c3C2=O)NC(=O)/C(C)=C\C=C\[C@H](C)[C@H](O)[C@@H](C)[C@@H](O)[C@@H](C)[C@H](OC(C)=O)[C@@H]1C. The quantitative estimate of drug-likeness (QED) is 0.0468. The fraction of sp³-hybridized carbons (Fsp3) is 0.540. The number of nitrogens with one attached hydrogen (secondary N) is 1. The van der Waals surface area contributed by atoms with Crippen LogP contribution in [0, 0.1) is 42.3 Å². The van der Waals surface area contributed by atoms with E-state index in [4.69, 9.17) is 30.5 Å². The number of methoxy groups -OCH3 is 1. The summed E-state index contributed by atoms with van der Waals surface area (Å²) >= 11 is 7.08. The van der Waals surface area contributed by atoms with Crippen LogP contribution in [0.5, 0.6) is 23.0 Å². The average Bonchev–Trinajstić information content (AvgIpc) is 1.71. The van der Waals surface area contributed by atoms with E-state index in [2.05, 4.69) is 17.3 Å². The van der Waals surface area contributed by atoms with Crippen LogP contribution in [0.3, 0.4) is 0 Å². The van der Waals surface area contributed by atoms with Gasteiger partial charge in [-0.3, -0.25) is 24.1 Å². The Bertz CT molecular complexity index is 3550. The van der Waals surface area contributed by atoms with E-state index in [1.54, 1.807) is 44.4 Å². The number of Topliss-reactive ketones (excluding diaryl/α,β-unsaturated/α-hetero) is 1. The molecule has 3 aromatic carbocycles. The normalized spacial score (nSPS) is 29.9. The molecule has 2 saturated carbocycles. The van der Waals surface area contributed by atoms with Gasteiger partial charge in [0.05, 0.1) is 57.1 Å². The Morgan fingerprint density at radius 3 is 2.18 bits per heavy atom. The van der Waals surface area contributed by atoms with Crippen LogP contribution < -0.4 is 25.3 Å². The van der Waals surface area contributed by atoms with Gasteiger partial charge in [0.2, 0.25) is 5.43 Å². The highest BCUT2D eigenvalue weighted by Gasteiger charge is 2.56. The van der Waals surface area contributed by atoms with Crippen molar-refractivity contribution in [3.05, 3.63) is 86.2 Å². The number of amides is 1. The lowest BCUT2D eigenvalue weighted by Crippen LogP contribution is -2.51. The topological polar surface area (TPSA) is 270 Å². The first kappa shape index (κ1) is 61.2. The molecular weight excluding hydrogens is 1120 g/mol. The number of aliphatic hydroxyl groups is 2. The van der Waals surface area contributed by atoms with E-state index >= 15 is 4.39 Å². The highest BCUT2D eigenvalue weighted by atomic mass is 35.5. The van der Waals surface area contributed by atoms with Gasteiger partial charge in [0, 0.05) is 111 Å². The number of esters is 1. The fourth-order valence-electron chi connectivity index (χ4n) is 13.9. The van der Waals surface area contributed by atoms with Crippen molar-refractivity contribution >= 4 is 74.0 Å². The molecule has 85 heavy (non-hydrogen) atoms. The number of piperidine rings is 1. The molecule has 1 amide bonds. The molecule has 10 atom stereocenters. The second-order valence-electron chi connectivity index (χ2n) is 24.6. The van der Waals surface area contributed by atoms with Crippen LogP contribution in [0.1, 0.15) is 126 Å². The average molecular weight is 1200 g/mol. The van der Waals surface area contributed by atoms with Crippen LogP contribution in [0.15, 0.2) is 53.2 Å². The molecule has 0 radical (unpaired) electrons. The minimum atomic E-state index is -2.10. The smallest absolute Gasteiger partial charge is 0.341 e. The zero-order valence-corrected chi connectivity index (χ0v) is 50.3. The van der Waals surface area contributed by atoms with E-state index in [0.717, 1.165) is 38.2 Å². The summed E-state index contributed by atoms with van der Waals surface area (Å²) in [7, 11) is 3.52. The summed E-state index contributed by atoms with van der Waals surface area (Å²) in [5.41, 5.74) is -1.17. The summed E-state index contributed by atoms with van der Waals surface area (Å²) in [6, 6.07) is 1.07. The van der Waals surface area contributed by atoms with E-state index in [-0.39, 0.29) is 84.2 Å². The summed E-state index contributed by atoms with van der Waals surface area (Å²) in [5, 5.41) is 72.6. The molecule has 1 aromatic heterocycles. The number of anilines is 3. The Balaban J connectivity index is 0.969. The summed E-state index contributed by atoms with van der Waals surface area (Å²) in [6.45, 7) is 14.1. The fourth-order valence-corrected chi connectivity index (χ4v) is 14.4. The van der Waals surface area contributed by atoms with Crippen LogP contribution in [0.25, 0.3) is 21.7 Å². The summed E-state index contributed by atoms with van der Waals surface area (Å²) in [5.74, 6) is -10.6. The molecule has 0 unspecified atom stereocenters. The van der Waals surface area contributed by atoms with Gasteiger partial charge >= 0.3 is 17.7 Å². The lowest BCUT2D eigenvalue weighted by atomic mass is 9.78. The number of aromatic nitrogens is 1. The number of rotatable bonds is 9. The van der Waals surface area contributed by atoms with E-state index in [0.29, 0.717) is 44.5 Å². The van der Waals surface area contributed by atoms with Crippen molar-refractivity contribution in [1.29, 1.82) is 0 Å². The number of carbonyl (C=O) groups excluding carboxylic acids is 3. The van der Waals surface area contributed by atoms with Gasteiger partial charge in [0.15, 0.2) is 5.75 Å². The van der Waals surface area contributed by atoms with Gasteiger partial charge in [0.1, 0.15) is 46.1 Å². The van der Waals surface area contributed by atoms with Gasteiger partial charge in [-0.05, 0) is 83.9 Å². The zero-order valence-electron chi connectivity index (χ0n) is 49.6. The molecule has 22 heteroatoms. The van der Waals surface area contributed by atoms with E-state index < -0.39 is 112 Å². The van der Waals surface area contributed by atoms with Crippen LogP contribution in [-0.2, 0) is 23.8 Å². The first-order chi connectivity index (χ1) is 40.2. The molecule has 4 aromatic rings. The third-order valence-electron chi connectivity index (χ3n) is 19.4. The molecule has 5 bridgehead atoms. The van der Waals surface area contributed by atoms with Crippen molar-refractivity contribution in [2.45, 2.75) is 148 Å². The molecule has 11 rings (SSSR count). The van der Waals surface area contributed by atoms with Gasteiger partial charge in [-0.15, -0.1) is 0 Å². The van der Waals surface area contributed by atoms with Crippen molar-refractivity contribution in [2.75, 3.05) is 55.5 Å². The second-order valence-corrected chi connectivity index (χ2v) is 25.0. The monoisotopic (exact) mass is 1200 g/mol. The largest absolute Gasteiger partial charge is 0.507 e. The molecule has 4 fully saturated rings. The van der Waals surface area contributed by atoms with Gasteiger partial charge in [-0.1, -0.05) is 57.5 Å². The van der Waals surface area contributed by atoms with Crippen molar-refractivity contribution in [1.82, 2.24) is 9.47 Å². The van der Waals surface area contributed by atoms with Crippen LogP contribution in [-0.4, -0.2) is 146 Å². The maximum atomic E-state index is 16.3. The van der Waals surface area contributed by atoms with Crippen molar-refractivity contribution in [3.8, 4) is 23.0 Å². The summed E-state index contributed by atoms with van der Waals surface area (Å²) in [4.78, 5) is 73.3. The first-order valence-corrected chi connectivity index (χ1v) is 29.7. The minimum absolute atomic E-state index is 0.00384. The van der Waals surface area contributed by atoms with E-state index in [9.17, 15) is 54.6 Å². The van der Waals surface area contributed by atoms with Gasteiger partial charge in [-0.2, -0.15) is 0 Å². The Morgan fingerprint density at radius 1 is 0.882 bits per heavy atom. The number of nitrogens with zero attached hydrogens (tertiary/aromatic N) is 4. The highest BCUT2D eigenvalue weighted by molar-refractivity contribution is 6.38. The van der Waals surface area contributed by atoms with Gasteiger partial charge in [0.25, 0.3) is 11.7 Å². The summed E-state index contributed by atoms with van der Waals surface area (Å²) in [6.07, 6.45) is 9.91. The van der Waals surface area contributed by atoms with E-state index in [1.165, 1.54) is 59.4 Å². The molecule has 458 valence electrons. The van der Waals surface area contributed by atoms with Crippen molar-refractivity contribution in [3.63, 3.8) is 0 Å². The standard InChI is InChI=1S/C63H77ClFN5O15/c1-29-12-11-13-30(2)60(79)66-47-50(68-23-17-37(18-24-68)67(9)63(20-21-63)36-16-22-69(27-36)49-41(65)26-39-48(46(49)64)70(38-14-15-38)28-40(54(39)75)61(80)81)56(77)43-44(55(47)76)53(74)34(6)58-45(43)59(78)62(8,85-58)83-25-19-42(82-10)31(3)57(84-35(7)71)33(5)52(73)32(4)51(29)72/h11-13,19,25-26,28-29,31-33,36-38,42,51-52,57,72-74,76-77H,14-18,20-24,27H2,1-10H3,(H,66,79)(H,80,81)/b12-11+,25-19+,30-13-/t29-,31+,32+,33+,36+,42-,51-,52+,57+,62-/m0/s1. The maximum absolute atomic E-state index is 16.3. The van der Waals surface area contributed by atoms with Crippen LogP contribution >= 0.6 is 11.6 Å². The third kappa shape index (κ3) is 10.6. The lowest BCUT2D eigenvalue weighted by molar-refractivity contribution is -0.160. The highest BCUT2D eigenvalue weighted by Crippen LogP contribution is 2.59. The molecule has 0 spiro atoms. The number of carbonyl (C=O) groups is 4. The zero-order chi connectivity index (χ0) is 61.6. The Morgan fingerprint density at radius 2 is 1.55 bits per heavy atom. The number of ketones is 1. The number of carboxylic acid groups (broad SMARTS) is 1. The number of allylic oxidation sites excluding steroid dienone is 2. The molecule has 7 N–H and O–H groups in total. The third-order valence-corrected chi connectivity index (χ3v) is 19.7. The number of hydrogen-bond acceptors (Lipinski definition) is 17. The Hall–Kier alpha value is -6.91. The number of hydrogen-bond donors (Lipinski definition) is 7. The second kappa shape index (κ2) is 23.1. The first-order valence-electron chi connectivity index (χ1n) is 29.3. The number of pyridine rings is 1. The molecular formula is C63H77ClFN5O15. The van der Waals surface area contributed by atoms with Crippen molar-refractivity contribution in [2.24, 2.45) is 29.6 Å². The maximum Gasteiger partial charge on any atom is 0.341 e. The molecule has 7 aliphatic rings. The van der Waals surface area contributed by atoms with Crippen LogP contribution in [0.2, 0.25) is 5.02 Å². The number of ether oxygens (including phenoxy) is 4. The van der Waals surface area contributed by atoms with E-state index in [1.807, 2.05) is 9.80 Å². The number of benzene rings is 3. The number of fused-ring (bicyclic) bond motifs is 15. The molecule has 20 nitrogen and oxygen atoms in total. The number of phenolic OH excluding ortho intramolecular Hbond substituents is 3. The van der Waals surface area contributed by atoms with Crippen molar-refractivity contribution < 1.29 is 73.2 Å². The Kier molecular flexibility index (Phi) is 16.6. The van der Waals surface area contributed by atoms with Gasteiger partial charge < -0.3 is 69.3 Å². The number of aliphatic hydroxyl groups excluding tert-OH is 2.